The van der Waals surface area contributed by atoms with Crippen molar-refractivity contribution in [2.24, 2.45) is 0 Å². The molecule has 1 amide bonds. The second-order valence-electron chi connectivity index (χ2n) is 5.15. The molecule has 0 saturated heterocycles. The summed E-state index contributed by atoms with van der Waals surface area (Å²) in [7, 11) is 0. The van der Waals surface area contributed by atoms with Gasteiger partial charge >= 0.3 is 4.87 Å². The van der Waals surface area contributed by atoms with Gasteiger partial charge in [-0.2, -0.15) is 0 Å². The van der Waals surface area contributed by atoms with Gasteiger partial charge in [-0.15, -0.1) is 0 Å². The van der Waals surface area contributed by atoms with Crippen LogP contribution in [0.5, 0.6) is 0 Å². The van der Waals surface area contributed by atoms with Gasteiger partial charge in [0, 0.05) is 18.7 Å². The van der Waals surface area contributed by atoms with Crippen molar-refractivity contribution in [1.82, 2.24) is 4.57 Å². The molecule has 1 aromatic heterocycles. The van der Waals surface area contributed by atoms with Crippen LogP contribution in [0.3, 0.4) is 0 Å². The molecule has 2 aromatic carbocycles. The Morgan fingerprint density at radius 3 is 2.50 bits per heavy atom. The largest absolute Gasteiger partial charge is 0.545 e. The molecule has 0 spiro atoms. The van der Waals surface area contributed by atoms with Crippen molar-refractivity contribution in [3.8, 4) is 0 Å². The van der Waals surface area contributed by atoms with Gasteiger partial charge in [0.25, 0.3) is 0 Å². The fourth-order valence-corrected chi connectivity index (χ4v) is 3.27. The maximum atomic E-state index is 12.0. The third-order valence-corrected chi connectivity index (χ3v) is 4.50. The van der Waals surface area contributed by atoms with E-state index in [0.29, 0.717) is 5.69 Å². The Kier molecular flexibility index (Phi) is 4.43. The summed E-state index contributed by atoms with van der Waals surface area (Å²) < 4.78 is 2.47. The predicted octanol–water partition coefficient (Wildman–Crippen LogP) is 1.46. The molecular formula is C17H13N2O4S-. The fourth-order valence-electron chi connectivity index (χ4n) is 2.35. The molecule has 1 heterocycles. The summed E-state index contributed by atoms with van der Waals surface area (Å²) >= 11 is 1.15. The number of amides is 1. The molecule has 0 saturated carbocycles. The van der Waals surface area contributed by atoms with Gasteiger partial charge in [-0.05, 0) is 29.8 Å². The molecule has 0 radical (unpaired) electrons. The fraction of sp³-hybridized carbons (Fsp3) is 0.118. The number of carboxylic acid groups (broad SMARTS) is 1. The maximum Gasteiger partial charge on any atom is 0.308 e. The number of carbonyl (C=O) groups is 2. The molecule has 3 rings (SSSR count). The lowest BCUT2D eigenvalue weighted by molar-refractivity contribution is -0.255. The van der Waals surface area contributed by atoms with Crippen LogP contribution in [0.15, 0.2) is 53.3 Å². The van der Waals surface area contributed by atoms with E-state index in [1.54, 1.807) is 4.57 Å². The Bertz CT molecular complexity index is 957. The number of carboxylic acids is 1. The highest BCUT2D eigenvalue weighted by Crippen LogP contribution is 2.17. The number of nitrogens with zero attached hydrogens (tertiary/aromatic N) is 1. The van der Waals surface area contributed by atoms with Gasteiger partial charge in [0.2, 0.25) is 5.91 Å². The van der Waals surface area contributed by atoms with Gasteiger partial charge in [0.1, 0.15) is 0 Å². The number of para-hydroxylation sites is 1. The highest BCUT2D eigenvalue weighted by Gasteiger charge is 2.09. The van der Waals surface area contributed by atoms with Crippen molar-refractivity contribution < 1.29 is 14.7 Å². The van der Waals surface area contributed by atoms with Gasteiger partial charge in [0.15, 0.2) is 0 Å². The molecule has 6 nitrogen and oxygen atoms in total. The highest BCUT2D eigenvalue weighted by molar-refractivity contribution is 7.16. The number of nitrogens with one attached hydrogen (secondary N) is 1. The molecule has 3 aromatic rings. The van der Waals surface area contributed by atoms with Gasteiger partial charge in [-0.25, -0.2) is 0 Å². The van der Waals surface area contributed by atoms with E-state index in [1.165, 1.54) is 24.3 Å². The summed E-state index contributed by atoms with van der Waals surface area (Å²) in [5.74, 6) is -1.52. The SMILES string of the molecule is O=C(CCn1c(=O)sc2ccccc21)Nc1ccc(C(=O)[O-])cc1. The van der Waals surface area contributed by atoms with Crippen LogP contribution in [-0.4, -0.2) is 16.4 Å². The van der Waals surface area contributed by atoms with E-state index in [9.17, 15) is 19.5 Å². The second kappa shape index (κ2) is 6.67. The van der Waals surface area contributed by atoms with Crippen molar-refractivity contribution in [1.29, 1.82) is 0 Å². The molecule has 0 aliphatic heterocycles. The first-order chi connectivity index (χ1) is 11.5. The van der Waals surface area contributed by atoms with Crippen molar-refractivity contribution in [2.75, 3.05) is 5.32 Å². The topological polar surface area (TPSA) is 91.2 Å². The second-order valence-corrected chi connectivity index (χ2v) is 6.14. The molecule has 0 unspecified atom stereocenters. The number of anilines is 1. The first-order valence-corrected chi connectivity index (χ1v) is 8.06. The van der Waals surface area contributed by atoms with Crippen molar-refractivity contribution in [3.05, 3.63) is 63.8 Å². The number of thiazole rings is 1. The van der Waals surface area contributed by atoms with E-state index >= 15 is 0 Å². The predicted molar refractivity (Wildman–Crippen MR) is 90.1 cm³/mol. The molecule has 122 valence electrons. The van der Waals surface area contributed by atoms with Gasteiger partial charge in [0.05, 0.1) is 16.2 Å². The van der Waals surface area contributed by atoms with Crippen LogP contribution >= 0.6 is 11.3 Å². The van der Waals surface area contributed by atoms with Crippen LogP contribution in [-0.2, 0) is 11.3 Å². The first-order valence-electron chi connectivity index (χ1n) is 7.24. The maximum absolute atomic E-state index is 12.0. The minimum atomic E-state index is -1.27. The van der Waals surface area contributed by atoms with Gasteiger partial charge in [-0.1, -0.05) is 35.6 Å². The summed E-state index contributed by atoms with van der Waals surface area (Å²) in [5, 5.41) is 13.4. The molecule has 24 heavy (non-hydrogen) atoms. The minimum absolute atomic E-state index is 0.0456. The van der Waals surface area contributed by atoms with E-state index in [-0.39, 0.29) is 29.3 Å². The van der Waals surface area contributed by atoms with E-state index in [1.807, 2.05) is 24.3 Å². The number of benzene rings is 2. The third-order valence-electron chi connectivity index (χ3n) is 3.54. The van der Waals surface area contributed by atoms with E-state index < -0.39 is 5.97 Å². The number of hydrogen-bond acceptors (Lipinski definition) is 5. The third kappa shape index (κ3) is 3.36. The summed E-state index contributed by atoms with van der Waals surface area (Å²) in [6.07, 6.45) is 0.142. The first kappa shape index (κ1) is 15.9. The number of aryl methyl sites for hydroxylation is 1. The van der Waals surface area contributed by atoms with Crippen LogP contribution in [0, 0.1) is 0 Å². The summed E-state index contributed by atoms with van der Waals surface area (Å²) in [5.41, 5.74) is 1.36. The number of aromatic carboxylic acids is 1. The average Bonchev–Trinajstić information content (AvgIpc) is 2.88. The van der Waals surface area contributed by atoms with E-state index in [2.05, 4.69) is 5.32 Å². The summed E-state index contributed by atoms with van der Waals surface area (Å²) in [4.78, 5) is 34.6. The Hall–Kier alpha value is -2.93. The number of aromatic nitrogens is 1. The van der Waals surface area contributed by atoms with Crippen LogP contribution in [0.2, 0.25) is 0 Å². The number of hydrogen-bond donors (Lipinski definition) is 1. The molecule has 1 N–H and O–H groups in total. The van der Waals surface area contributed by atoms with Crippen LogP contribution in [0.4, 0.5) is 5.69 Å². The molecule has 0 aliphatic carbocycles. The van der Waals surface area contributed by atoms with Crippen molar-refractivity contribution in [3.63, 3.8) is 0 Å². The molecule has 0 atom stereocenters. The Morgan fingerprint density at radius 1 is 1.08 bits per heavy atom. The van der Waals surface area contributed by atoms with Crippen LogP contribution < -0.4 is 15.3 Å². The van der Waals surface area contributed by atoms with Crippen molar-refractivity contribution in [2.45, 2.75) is 13.0 Å². The zero-order valence-electron chi connectivity index (χ0n) is 12.5. The number of fused-ring (bicyclic) bond motifs is 1. The molecule has 7 heteroatoms. The van der Waals surface area contributed by atoms with Crippen LogP contribution in [0.25, 0.3) is 10.2 Å². The van der Waals surface area contributed by atoms with E-state index in [4.69, 9.17) is 0 Å². The molecule has 0 aliphatic rings. The average molecular weight is 341 g/mol. The summed E-state index contributed by atoms with van der Waals surface area (Å²) in [6, 6.07) is 13.2. The Labute approximate surface area is 141 Å². The molecule has 0 fully saturated rings. The standard InChI is InChI=1S/C17H14N2O4S/c20-15(18-12-7-5-11(6-8-12)16(21)22)9-10-19-13-3-1-2-4-14(13)24-17(19)23/h1-8H,9-10H2,(H,18,20)(H,21,22)/p-1. The lowest BCUT2D eigenvalue weighted by Crippen LogP contribution is -2.22. The monoisotopic (exact) mass is 341 g/mol. The smallest absolute Gasteiger partial charge is 0.308 e. The van der Waals surface area contributed by atoms with Crippen molar-refractivity contribution >= 4 is 39.1 Å². The summed E-state index contributed by atoms with van der Waals surface area (Å²) in [6.45, 7) is 0.284. The number of carbonyl (C=O) groups excluding carboxylic acids is 2. The zero-order chi connectivity index (χ0) is 17.1. The quantitative estimate of drug-likeness (QED) is 0.760. The minimum Gasteiger partial charge on any atom is -0.545 e. The highest BCUT2D eigenvalue weighted by atomic mass is 32.1. The van der Waals surface area contributed by atoms with Crippen LogP contribution in [0.1, 0.15) is 16.8 Å². The number of rotatable bonds is 5. The lowest BCUT2D eigenvalue weighted by atomic mass is 10.2. The zero-order valence-corrected chi connectivity index (χ0v) is 13.3. The van der Waals surface area contributed by atoms with Gasteiger partial charge in [-0.3, -0.25) is 14.2 Å². The molecule has 0 bridgehead atoms. The Morgan fingerprint density at radius 2 is 1.79 bits per heavy atom. The molecular weight excluding hydrogens is 328 g/mol. The van der Waals surface area contributed by atoms with Gasteiger partial charge < -0.3 is 15.2 Å². The Balaban J connectivity index is 1.66. The lowest BCUT2D eigenvalue weighted by Gasteiger charge is -2.08. The van der Waals surface area contributed by atoms with E-state index in [0.717, 1.165) is 21.6 Å². The normalized spacial score (nSPS) is 10.7.